The van der Waals surface area contributed by atoms with Crippen LogP contribution in [-0.4, -0.2) is 79.7 Å². The monoisotopic (exact) mass is 620 g/mol. The Morgan fingerprint density at radius 1 is 0.951 bits per heavy atom. The number of amides is 1. The Morgan fingerprint density at radius 2 is 1.56 bits per heavy atom. The summed E-state index contributed by atoms with van der Waals surface area (Å²) in [7, 11) is -4.32. The minimum Gasteiger partial charge on any atom is -0.441 e. The van der Waals surface area contributed by atoms with Crippen LogP contribution < -0.4 is 0 Å². The number of ether oxygens (including phenoxy) is 3. The normalized spacial score (nSPS) is 16.0. The summed E-state index contributed by atoms with van der Waals surface area (Å²) >= 11 is 1.45. The minimum atomic E-state index is -4.32. The molecule has 2 unspecified atom stereocenters. The van der Waals surface area contributed by atoms with Crippen molar-refractivity contribution in [1.82, 2.24) is 9.88 Å². The second-order valence-corrected chi connectivity index (χ2v) is 13.0. The van der Waals surface area contributed by atoms with Gasteiger partial charge in [-0.1, -0.05) is 90.4 Å². The fourth-order valence-electron chi connectivity index (χ4n) is 4.53. The van der Waals surface area contributed by atoms with E-state index in [1.54, 1.807) is 11.1 Å². The molecule has 0 aromatic carbocycles. The molecule has 0 bridgehead atoms. The standard InChI is InChI=1S/C29H53N2O8PS/c1-2-3-4-5-6-7-8-9-10-11-12-13-14-15-20-36-25-27(39-29(32)31-18-22-35-23-19-31)26-38-40(33,34)37-21-16-28-30-17-24-41-28/h17,24,27H,2-16,18-23,25-26H2,1H3,(H,33,34). The summed E-state index contributed by atoms with van der Waals surface area (Å²) in [6, 6.07) is 0. The fraction of sp³-hybridized carbons (Fsp3) is 0.862. The number of carbonyl (C=O) groups is 1. The second-order valence-electron chi connectivity index (χ2n) is 10.5. The van der Waals surface area contributed by atoms with Gasteiger partial charge in [-0.15, -0.1) is 11.3 Å². The second kappa shape index (κ2) is 23.4. The Hall–Kier alpha value is -1.07. The Bertz CT molecular complexity index is 811. The first kappa shape index (κ1) is 36.1. The van der Waals surface area contributed by atoms with Crippen LogP contribution in [0, 0.1) is 0 Å². The number of hydrogen-bond acceptors (Lipinski definition) is 9. The van der Waals surface area contributed by atoms with Gasteiger partial charge in [0.25, 0.3) is 0 Å². The average Bonchev–Trinajstić information content (AvgIpc) is 3.49. The van der Waals surface area contributed by atoms with Crippen LogP contribution in [0.4, 0.5) is 4.79 Å². The third kappa shape index (κ3) is 19.0. The zero-order valence-electron chi connectivity index (χ0n) is 25.1. The van der Waals surface area contributed by atoms with Crippen molar-refractivity contribution in [3.63, 3.8) is 0 Å². The fourth-order valence-corrected chi connectivity index (χ4v) is 5.88. The van der Waals surface area contributed by atoms with Gasteiger partial charge in [-0.25, -0.2) is 14.3 Å². The molecule has 1 saturated heterocycles. The van der Waals surface area contributed by atoms with E-state index in [1.165, 1.54) is 88.4 Å². The van der Waals surface area contributed by atoms with E-state index in [0.717, 1.165) is 17.8 Å². The van der Waals surface area contributed by atoms with Crippen molar-refractivity contribution in [3.05, 3.63) is 16.6 Å². The molecule has 1 N–H and O–H groups in total. The number of nitrogens with zero attached hydrogens (tertiary/aromatic N) is 2. The van der Waals surface area contributed by atoms with Gasteiger partial charge in [0.15, 0.2) is 6.10 Å². The summed E-state index contributed by atoms with van der Waals surface area (Å²) in [6.07, 6.45) is 18.7. The van der Waals surface area contributed by atoms with Crippen LogP contribution in [0.2, 0.25) is 0 Å². The number of phosphoric acid groups is 1. The first-order valence-electron chi connectivity index (χ1n) is 15.6. The molecule has 1 amide bonds. The molecule has 2 heterocycles. The zero-order chi connectivity index (χ0) is 29.4. The summed E-state index contributed by atoms with van der Waals surface area (Å²) < 4.78 is 39.2. The Balaban J connectivity index is 1.57. The zero-order valence-corrected chi connectivity index (χ0v) is 26.8. The maximum absolute atomic E-state index is 12.6. The third-order valence-electron chi connectivity index (χ3n) is 6.96. The lowest BCUT2D eigenvalue weighted by molar-refractivity contribution is -0.0326. The number of thiazole rings is 1. The summed E-state index contributed by atoms with van der Waals surface area (Å²) in [4.78, 5) is 28.3. The molecule has 0 aliphatic carbocycles. The highest BCUT2D eigenvalue weighted by molar-refractivity contribution is 7.47. The highest BCUT2D eigenvalue weighted by atomic mass is 32.1. The van der Waals surface area contributed by atoms with Crippen LogP contribution in [0.3, 0.4) is 0 Å². The summed E-state index contributed by atoms with van der Waals surface area (Å²) in [6.45, 7) is 4.33. The largest absolute Gasteiger partial charge is 0.472 e. The number of rotatable bonds is 25. The molecule has 0 spiro atoms. The number of morpholine rings is 1. The van der Waals surface area contributed by atoms with Crippen molar-refractivity contribution in [2.45, 2.75) is 109 Å². The topological polar surface area (TPSA) is 117 Å². The van der Waals surface area contributed by atoms with Gasteiger partial charge in [-0.05, 0) is 6.42 Å². The van der Waals surface area contributed by atoms with Crippen molar-refractivity contribution in [1.29, 1.82) is 0 Å². The van der Waals surface area contributed by atoms with Gasteiger partial charge in [0, 0.05) is 37.7 Å². The van der Waals surface area contributed by atoms with Gasteiger partial charge in [0.2, 0.25) is 0 Å². The van der Waals surface area contributed by atoms with E-state index in [2.05, 4.69) is 11.9 Å². The number of phosphoric ester groups is 1. The van der Waals surface area contributed by atoms with Crippen LogP contribution >= 0.6 is 19.2 Å². The summed E-state index contributed by atoms with van der Waals surface area (Å²) in [5.41, 5.74) is 0. The molecule has 1 aromatic heterocycles. The molecule has 41 heavy (non-hydrogen) atoms. The molecule has 2 rings (SSSR count). The van der Waals surface area contributed by atoms with Crippen LogP contribution in [0.15, 0.2) is 11.6 Å². The van der Waals surface area contributed by atoms with Gasteiger partial charge in [0.05, 0.1) is 38.0 Å². The maximum atomic E-state index is 12.6. The van der Waals surface area contributed by atoms with Crippen LogP contribution in [0.1, 0.15) is 102 Å². The number of hydrogen-bond donors (Lipinski definition) is 1. The van der Waals surface area contributed by atoms with E-state index >= 15 is 0 Å². The minimum absolute atomic E-state index is 0.00481. The molecular formula is C29H53N2O8PS. The van der Waals surface area contributed by atoms with E-state index in [0.29, 0.717) is 39.3 Å². The summed E-state index contributed by atoms with van der Waals surface area (Å²) in [5.74, 6) is 0. The average molecular weight is 621 g/mol. The van der Waals surface area contributed by atoms with Crippen LogP contribution in [-0.2, 0) is 34.2 Å². The highest BCUT2D eigenvalue weighted by Crippen LogP contribution is 2.43. The number of unbranched alkanes of at least 4 members (excludes halogenated alkanes) is 13. The first-order valence-corrected chi connectivity index (χ1v) is 18.0. The molecule has 12 heteroatoms. The van der Waals surface area contributed by atoms with E-state index in [1.807, 2.05) is 5.38 Å². The Morgan fingerprint density at radius 3 is 2.15 bits per heavy atom. The van der Waals surface area contributed by atoms with E-state index in [9.17, 15) is 14.3 Å². The van der Waals surface area contributed by atoms with Crippen molar-refractivity contribution < 1.29 is 37.5 Å². The lowest BCUT2D eigenvalue weighted by Gasteiger charge is -2.28. The first-order chi connectivity index (χ1) is 20.0. The predicted molar refractivity (Wildman–Crippen MR) is 161 cm³/mol. The maximum Gasteiger partial charge on any atom is 0.472 e. The highest BCUT2D eigenvalue weighted by Gasteiger charge is 2.27. The van der Waals surface area contributed by atoms with Crippen molar-refractivity contribution >= 4 is 25.3 Å². The van der Waals surface area contributed by atoms with Crippen LogP contribution in [0.5, 0.6) is 0 Å². The molecule has 1 fully saturated rings. The number of aromatic nitrogens is 1. The van der Waals surface area contributed by atoms with E-state index < -0.39 is 20.0 Å². The molecule has 1 aliphatic rings. The van der Waals surface area contributed by atoms with Crippen LogP contribution in [0.25, 0.3) is 0 Å². The van der Waals surface area contributed by atoms with Gasteiger partial charge in [0.1, 0.15) is 0 Å². The molecule has 10 nitrogen and oxygen atoms in total. The molecule has 1 aliphatic heterocycles. The van der Waals surface area contributed by atoms with Gasteiger partial charge in [-0.3, -0.25) is 9.05 Å². The van der Waals surface area contributed by atoms with Crippen molar-refractivity contribution in [2.24, 2.45) is 0 Å². The molecule has 0 saturated carbocycles. The predicted octanol–water partition coefficient (Wildman–Crippen LogP) is 7.15. The summed E-state index contributed by atoms with van der Waals surface area (Å²) in [5, 5.41) is 2.63. The molecule has 2 atom stereocenters. The Labute approximate surface area is 251 Å². The molecular weight excluding hydrogens is 567 g/mol. The van der Waals surface area contributed by atoms with Gasteiger partial charge < -0.3 is 24.0 Å². The quantitative estimate of drug-likeness (QED) is 0.0898. The molecule has 238 valence electrons. The smallest absolute Gasteiger partial charge is 0.441 e. The van der Waals surface area contributed by atoms with Gasteiger partial charge in [-0.2, -0.15) is 0 Å². The number of carbonyl (C=O) groups excluding carboxylic acids is 1. The molecule has 1 aromatic rings. The lowest BCUT2D eigenvalue weighted by atomic mass is 10.0. The molecule has 0 radical (unpaired) electrons. The van der Waals surface area contributed by atoms with Crippen molar-refractivity contribution in [2.75, 3.05) is 52.7 Å². The Kier molecular flexibility index (Phi) is 20.6. The van der Waals surface area contributed by atoms with Gasteiger partial charge >= 0.3 is 13.9 Å². The van der Waals surface area contributed by atoms with E-state index in [-0.39, 0.29) is 19.8 Å². The van der Waals surface area contributed by atoms with Crippen molar-refractivity contribution in [3.8, 4) is 0 Å². The lowest BCUT2D eigenvalue weighted by Crippen LogP contribution is -2.43. The van der Waals surface area contributed by atoms with E-state index in [4.69, 9.17) is 23.3 Å². The SMILES string of the molecule is CCCCCCCCCCCCCCCCOCC(COP(=O)(O)OCCc1nccs1)OC(=O)N1CCOCC1. The third-order valence-corrected chi connectivity index (χ3v) is 8.78.